The van der Waals surface area contributed by atoms with Gasteiger partial charge < -0.3 is 0 Å². The number of Topliss-reactive ketones (excluding diaryl/α,β-unsaturated/α-hetero) is 1. The van der Waals surface area contributed by atoms with E-state index in [1.165, 1.54) is 23.4 Å². The number of ketones is 2. The van der Waals surface area contributed by atoms with Crippen LogP contribution in [0.3, 0.4) is 0 Å². The fourth-order valence-corrected chi connectivity index (χ4v) is 1.29. The Morgan fingerprint density at radius 2 is 1.63 bits per heavy atom. The minimum Gasteiger partial charge on any atom is -0.294 e. The maximum atomic E-state index is 12.4. The van der Waals surface area contributed by atoms with Crippen LogP contribution in [-0.4, -0.2) is 26.3 Å². The van der Waals surface area contributed by atoms with E-state index in [1.807, 2.05) is 41.5 Å². The number of rotatable bonds is 3. The number of allylic oxidation sites excluding steroid dienone is 2. The number of hydrogen-bond acceptors (Lipinski definition) is 4. The van der Waals surface area contributed by atoms with E-state index in [9.17, 15) is 9.59 Å². The second kappa shape index (κ2) is 5.07. The first-order valence-electron chi connectivity index (χ1n) is 6.19. The Kier molecular flexibility index (Phi) is 4.08. The van der Waals surface area contributed by atoms with Crippen molar-refractivity contribution in [1.82, 2.24) is 14.8 Å². The van der Waals surface area contributed by atoms with Crippen molar-refractivity contribution in [1.29, 1.82) is 0 Å². The highest BCUT2D eigenvalue weighted by Crippen LogP contribution is 2.24. The van der Waals surface area contributed by atoms with Gasteiger partial charge in [-0.1, -0.05) is 41.5 Å². The Bertz CT molecular complexity index is 500. The lowest BCUT2D eigenvalue weighted by atomic mass is 9.86. The summed E-state index contributed by atoms with van der Waals surface area (Å²) in [5.74, 6) is -0.258. The third kappa shape index (κ3) is 3.84. The van der Waals surface area contributed by atoms with E-state index in [4.69, 9.17) is 0 Å². The molecule has 0 bridgehead atoms. The first kappa shape index (κ1) is 15.3. The Balaban J connectivity index is 3.27. The molecule has 0 saturated heterocycles. The predicted octanol–water partition coefficient (Wildman–Crippen LogP) is 2.35. The van der Waals surface area contributed by atoms with Crippen molar-refractivity contribution in [3.05, 3.63) is 18.7 Å². The molecule has 0 aliphatic heterocycles. The van der Waals surface area contributed by atoms with Crippen LogP contribution < -0.4 is 0 Å². The van der Waals surface area contributed by atoms with Crippen LogP contribution in [0.15, 0.2) is 18.7 Å². The molecule has 5 nitrogen and oxygen atoms in total. The van der Waals surface area contributed by atoms with Gasteiger partial charge in [0, 0.05) is 16.9 Å². The summed E-state index contributed by atoms with van der Waals surface area (Å²) >= 11 is 0. The molecule has 0 unspecified atom stereocenters. The van der Waals surface area contributed by atoms with Gasteiger partial charge >= 0.3 is 0 Å². The molecule has 104 valence electrons. The molecule has 0 aromatic carbocycles. The maximum Gasteiger partial charge on any atom is 0.186 e. The summed E-state index contributed by atoms with van der Waals surface area (Å²) in [7, 11) is 0. The molecule has 0 N–H and O–H groups in total. The summed E-state index contributed by atoms with van der Waals surface area (Å²) in [4.78, 5) is 28.4. The zero-order chi connectivity index (χ0) is 14.8. The van der Waals surface area contributed by atoms with E-state index < -0.39 is 10.8 Å². The van der Waals surface area contributed by atoms with E-state index in [2.05, 4.69) is 10.1 Å². The molecular weight excluding hydrogens is 242 g/mol. The Morgan fingerprint density at radius 1 is 1.05 bits per heavy atom. The summed E-state index contributed by atoms with van der Waals surface area (Å²) in [6, 6.07) is 0. The summed E-state index contributed by atoms with van der Waals surface area (Å²) in [5.41, 5.74) is -0.870. The topological polar surface area (TPSA) is 64.8 Å². The van der Waals surface area contributed by atoms with E-state index in [1.54, 1.807) is 0 Å². The lowest BCUT2D eigenvalue weighted by Gasteiger charge is -2.20. The van der Waals surface area contributed by atoms with Gasteiger partial charge in [0.15, 0.2) is 11.6 Å². The average molecular weight is 263 g/mol. The van der Waals surface area contributed by atoms with Crippen LogP contribution in [0.2, 0.25) is 0 Å². The van der Waals surface area contributed by atoms with Gasteiger partial charge in [0.2, 0.25) is 0 Å². The van der Waals surface area contributed by atoms with Crippen molar-refractivity contribution in [2.24, 2.45) is 10.8 Å². The molecule has 0 amide bonds. The Hall–Kier alpha value is -1.78. The summed E-state index contributed by atoms with van der Waals surface area (Å²) < 4.78 is 1.34. The molecule has 0 atom stereocenters. The van der Waals surface area contributed by atoms with Crippen molar-refractivity contribution in [3.8, 4) is 0 Å². The lowest BCUT2D eigenvalue weighted by Crippen LogP contribution is -2.27. The Labute approximate surface area is 113 Å². The van der Waals surface area contributed by atoms with E-state index >= 15 is 0 Å². The number of nitrogens with zero attached hydrogens (tertiary/aromatic N) is 3. The van der Waals surface area contributed by atoms with Gasteiger partial charge in [-0.3, -0.25) is 9.59 Å². The minimum atomic E-state index is -0.587. The molecule has 0 spiro atoms. The number of aromatic nitrogens is 3. The van der Waals surface area contributed by atoms with Gasteiger partial charge in [0.05, 0.1) is 0 Å². The number of carbonyl (C=O) groups excluding carboxylic acids is 2. The predicted molar refractivity (Wildman–Crippen MR) is 73.2 cm³/mol. The third-order valence-electron chi connectivity index (χ3n) is 2.59. The molecule has 0 fully saturated rings. The molecule has 1 rings (SSSR count). The summed E-state index contributed by atoms with van der Waals surface area (Å²) in [5, 5.41) is 3.95. The highest BCUT2D eigenvalue weighted by Gasteiger charge is 2.29. The van der Waals surface area contributed by atoms with Crippen LogP contribution in [0, 0.1) is 10.8 Å². The SMILES string of the molecule is CC(C)(C)C(=O)C=C(C(=O)C(C)(C)C)n1cncn1. The molecule has 1 aromatic heterocycles. The van der Waals surface area contributed by atoms with E-state index in [-0.39, 0.29) is 17.3 Å². The smallest absolute Gasteiger partial charge is 0.186 e. The summed E-state index contributed by atoms with van der Waals surface area (Å²) in [6.45, 7) is 10.9. The fourth-order valence-electron chi connectivity index (χ4n) is 1.29. The van der Waals surface area contributed by atoms with Crippen molar-refractivity contribution < 1.29 is 9.59 Å². The van der Waals surface area contributed by atoms with Gasteiger partial charge in [-0.2, -0.15) is 5.10 Å². The van der Waals surface area contributed by atoms with Crippen LogP contribution in [0.4, 0.5) is 0 Å². The van der Waals surface area contributed by atoms with Crippen molar-refractivity contribution in [2.75, 3.05) is 0 Å². The zero-order valence-corrected chi connectivity index (χ0v) is 12.4. The largest absolute Gasteiger partial charge is 0.294 e. The van der Waals surface area contributed by atoms with Crippen molar-refractivity contribution in [3.63, 3.8) is 0 Å². The van der Waals surface area contributed by atoms with Crippen molar-refractivity contribution >= 4 is 17.3 Å². The maximum absolute atomic E-state index is 12.4. The quantitative estimate of drug-likeness (QED) is 0.785. The van der Waals surface area contributed by atoms with Gasteiger partial charge in [-0.25, -0.2) is 9.67 Å². The third-order valence-corrected chi connectivity index (χ3v) is 2.59. The zero-order valence-electron chi connectivity index (χ0n) is 12.4. The first-order chi connectivity index (χ1) is 8.53. The van der Waals surface area contributed by atoms with Gasteiger partial charge in [0.1, 0.15) is 18.4 Å². The number of hydrogen-bond donors (Lipinski definition) is 0. The van der Waals surface area contributed by atoms with Crippen molar-refractivity contribution in [2.45, 2.75) is 41.5 Å². The molecular formula is C14H21N3O2. The van der Waals surface area contributed by atoms with Crippen LogP contribution in [0.5, 0.6) is 0 Å². The van der Waals surface area contributed by atoms with Gasteiger partial charge in [0.25, 0.3) is 0 Å². The van der Waals surface area contributed by atoms with E-state index in [0.29, 0.717) is 0 Å². The van der Waals surface area contributed by atoms with Gasteiger partial charge in [-0.05, 0) is 0 Å². The lowest BCUT2D eigenvalue weighted by molar-refractivity contribution is -0.123. The molecule has 1 aromatic rings. The van der Waals surface area contributed by atoms with Crippen LogP contribution >= 0.6 is 0 Å². The normalized spacial score (nSPS) is 13.5. The monoisotopic (exact) mass is 263 g/mol. The molecule has 19 heavy (non-hydrogen) atoms. The summed E-state index contributed by atoms with van der Waals surface area (Å²) in [6.07, 6.45) is 4.12. The van der Waals surface area contributed by atoms with Crippen LogP contribution in [0.25, 0.3) is 5.70 Å². The highest BCUT2D eigenvalue weighted by molar-refractivity contribution is 6.21. The second-order valence-electron chi connectivity index (χ2n) is 6.56. The van der Waals surface area contributed by atoms with Crippen LogP contribution in [-0.2, 0) is 9.59 Å². The number of carbonyl (C=O) groups is 2. The standard InChI is InChI=1S/C14H21N3O2/c1-13(2,3)11(18)7-10(12(19)14(4,5)6)17-9-15-8-16-17/h7-9H,1-6H3. The molecule has 5 heteroatoms. The molecule has 1 heterocycles. The van der Waals surface area contributed by atoms with E-state index in [0.717, 1.165) is 0 Å². The molecule has 0 aliphatic rings. The first-order valence-corrected chi connectivity index (χ1v) is 6.19. The molecule has 0 aliphatic carbocycles. The Morgan fingerprint density at radius 3 is 2.00 bits per heavy atom. The fraction of sp³-hybridized carbons (Fsp3) is 0.571. The minimum absolute atomic E-state index is 0.115. The molecule has 0 saturated carbocycles. The average Bonchev–Trinajstić information content (AvgIpc) is 2.74. The van der Waals surface area contributed by atoms with Gasteiger partial charge in [-0.15, -0.1) is 0 Å². The van der Waals surface area contributed by atoms with Crippen LogP contribution in [0.1, 0.15) is 41.5 Å². The second-order valence-corrected chi connectivity index (χ2v) is 6.56. The molecule has 0 radical (unpaired) electrons. The highest BCUT2D eigenvalue weighted by atomic mass is 16.1.